The molecule has 218 valence electrons. The van der Waals surface area contributed by atoms with E-state index in [2.05, 4.69) is 27.5 Å². The Balaban J connectivity index is 1.34. The van der Waals surface area contributed by atoms with Gasteiger partial charge in [-0.05, 0) is 49.3 Å². The maximum atomic E-state index is 13.8. The standard InChI is InChI=1S/C32H35N5O5/c1-2-8-21-15-27(37(19-21)32(42)26-16-22-11-6-7-12-24(22)35-26)30(40)36-25(17-23-13-14-33-29(23)39)28(38)31(41)34-18-20-9-4-3-5-10-20/h2-7,9-12,16,21,23,25,27,35H,1,8,13-15,17-19H2,(H,33,39)(H,34,41)(H,36,40). The van der Waals surface area contributed by atoms with E-state index in [4.69, 9.17) is 0 Å². The van der Waals surface area contributed by atoms with E-state index in [1.807, 2.05) is 54.6 Å². The fourth-order valence-electron chi connectivity index (χ4n) is 5.82. The number of rotatable bonds is 11. The number of allylic oxidation sites excluding steroid dienone is 1. The molecule has 4 unspecified atom stereocenters. The number of nitrogens with zero attached hydrogens (tertiary/aromatic N) is 1. The number of Topliss-reactive ketones (excluding diaryl/α,β-unsaturated/α-hetero) is 1. The van der Waals surface area contributed by atoms with Crippen molar-refractivity contribution in [2.24, 2.45) is 11.8 Å². The average molecular weight is 570 g/mol. The highest BCUT2D eigenvalue weighted by Crippen LogP contribution is 2.29. The lowest BCUT2D eigenvalue weighted by Gasteiger charge is -2.26. The lowest BCUT2D eigenvalue weighted by atomic mass is 9.94. The van der Waals surface area contributed by atoms with Crippen molar-refractivity contribution >= 4 is 40.3 Å². The van der Waals surface area contributed by atoms with E-state index in [9.17, 15) is 24.0 Å². The van der Waals surface area contributed by atoms with Crippen LogP contribution < -0.4 is 16.0 Å². The van der Waals surface area contributed by atoms with Gasteiger partial charge < -0.3 is 25.8 Å². The maximum absolute atomic E-state index is 13.8. The maximum Gasteiger partial charge on any atom is 0.289 e. The molecular formula is C32H35N5O5. The summed E-state index contributed by atoms with van der Waals surface area (Å²) in [5, 5.41) is 8.99. The smallest absolute Gasteiger partial charge is 0.289 e. The van der Waals surface area contributed by atoms with Gasteiger partial charge in [-0.25, -0.2) is 0 Å². The number of benzene rings is 2. The molecule has 0 aliphatic carbocycles. The number of aromatic amines is 1. The number of likely N-dealkylation sites (tertiary alicyclic amines) is 1. The van der Waals surface area contributed by atoms with Crippen LogP contribution in [0.15, 0.2) is 73.3 Å². The van der Waals surface area contributed by atoms with Gasteiger partial charge in [-0.15, -0.1) is 6.58 Å². The fourth-order valence-corrected chi connectivity index (χ4v) is 5.82. The highest BCUT2D eigenvalue weighted by Gasteiger charge is 2.42. The van der Waals surface area contributed by atoms with Crippen LogP contribution in [0.4, 0.5) is 0 Å². The molecule has 0 saturated carbocycles. The van der Waals surface area contributed by atoms with Crippen LogP contribution in [0.5, 0.6) is 0 Å². The minimum atomic E-state index is -1.22. The molecule has 4 atom stereocenters. The molecule has 0 radical (unpaired) electrons. The Morgan fingerprint density at radius 3 is 2.55 bits per heavy atom. The van der Waals surface area contributed by atoms with Crippen molar-refractivity contribution in [3.05, 3.63) is 84.6 Å². The monoisotopic (exact) mass is 569 g/mol. The lowest BCUT2D eigenvalue weighted by molar-refractivity contribution is -0.141. The third-order valence-electron chi connectivity index (χ3n) is 8.05. The minimum absolute atomic E-state index is 0.00602. The van der Waals surface area contributed by atoms with E-state index < -0.39 is 35.6 Å². The molecule has 10 heteroatoms. The zero-order chi connectivity index (χ0) is 29.6. The first kappa shape index (κ1) is 28.8. The second-order valence-electron chi connectivity index (χ2n) is 11.0. The van der Waals surface area contributed by atoms with Gasteiger partial charge in [0.25, 0.3) is 11.8 Å². The summed E-state index contributed by atoms with van der Waals surface area (Å²) in [5.41, 5.74) is 1.99. The summed E-state index contributed by atoms with van der Waals surface area (Å²) in [4.78, 5) is 70.7. The third-order valence-corrected chi connectivity index (χ3v) is 8.05. The molecule has 0 bridgehead atoms. The van der Waals surface area contributed by atoms with Crippen LogP contribution >= 0.6 is 0 Å². The normalized spacial score (nSPS) is 20.6. The van der Waals surface area contributed by atoms with Crippen LogP contribution in [0, 0.1) is 11.8 Å². The first-order valence-corrected chi connectivity index (χ1v) is 14.3. The molecule has 5 rings (SSSR count). The van der Waals surface area contributed by atoms with E-state index in [0.29, 0.717) is 38.0 Å². The Labute approximate surface area is 243 Å². The largest absolute Gasteiger partial charge is 0.356 e. The summed E-state index contributed by atoms with van der Waals surface area (Å²) < 4.78 is 0. The van der Waals surface area contributed by atoms with Crippen LogP contribution in [-0.2, 0) is 25.7 Å². The molecule has 3 heterocycles. The molecule has 2 aliphatic heterocycles. The third kappa shape index (κ3) is 6.43. The summed E-state index contributed by atoms with van der Waals surface area (Å²) in [5.74, 6) is -3.24. The Kier molecular flexibility index (Phi) is 8.80. The molecule has 42 heavy (non-hydrogen) atoms. The number of para-hydroxylation sites is 1. The van der Waals surface area contributed by atoms with Gasteiger partial charge in [0.2, 0.25) is 17.6 Å². The number of hydrogen-bond donors (Lipinski definition) is 4. The van der Waals surface area contributed by atoms with Crippen LogP contribution in [0.1, 0.15) is 41.7 Å². The first-order valence-electron chi connectivity index (χ1n) is 14.3. The molecule has 4 N–H and O–H groups in total. The van der Waals surface area contributed by atoms with Crippen molar-refractivity contribution in [2.75, 3.05) is 13.1 Å². The lowest BCUT2D eigenvalue weighted by Crippen LogP contribution is -2.54. The summed E-state index contributed by atoms with van der Waals surface area (Å²) >= 11 is 0. The zero-order valence-electron chi connectivity index (χ0n) is 23.3. The number of carbonyl (C=O) groups excluding carboxylic acids is 5. The highest BCUT2D eigenvalue weighted by molar-refractivity contribution is 6.38. The molecular weight excluding hydrogens is 534 g/mol. The van der Waals surface area contributed by atoms with E-state index in [1.54, 1.807) is 12.1 Å². The number of aromatic nitrogens is 1. The van der Waals surface area contributed by atoms with Crippen molar-refractivity contribution in [3.8, 4) is 0 Å². The van der Waals surface area contributed by atoms with Gasteiger partial charge in [-0.2, -0.15) is 0 Å². The molecule has 0 spiro atoms. The molecule has 10 nitrogen and oxygen atoms in total. The Morgan fingerprint density at radius 1 is 1.07 bits per heavy atom. The van der Waals surface area contributed by atoms with Crippen molar-refractivity contribution < 1.29 is 24.0 Å². The van der Waals surface area contributed by atoms with Crippen molar-refractivity contribution in [1.82, 2.24) is 25.8 Å². The second-order valence-corrected chi connectivity index (χ2v) is 11.0. The summed E-state index contributed by atoms with van der Waals surface area (Å²) in [6.45, 7) is 4.77. The molecule has 2 aromatic carbocycles. The summed E-state index contributed by atoms with van der Waals surface area (Å²) in [6.07, 6.45) is 3.26. The Morgan fingerprint density at radius 2 is 1.83 bits per heavy atom. The second kappa shape index (κ2) is 12.8. The zero-order valence-corrected chi connectivity index (χ0v) is 23.3. The van der Waals surface area contributed by atoms with Crippen LogP contribution in [0.2, 0.25) is 0 Å². The SMILES string of the molecule is C=CCC1CC(C(=O)NC(CC2CCNC2=O)C(=O)C(=O)NCc2ccccc2)N(C(=O)c2cc3ccccc3[nH]2)C1. The first-order chi connectivity index (χ1) is 20.3. The number of carbonyl (C=O) groups is 5. The average Bonchev–Trinajstić information content (AvgIpc) is 3.74. The molecule has 4 amide bonds. The van der Waals surface area contributed by atoms with Crippen molar-refractivity contribution in [2.45, 2.75) is 44.3 Å². The van der Waals surface area contributed by atoms with Crippen LogP contribution in [0.3, 0.4) is 0 Å². The number of amides is 4. The van der Waals surface area contributed by atoms with Crippen LogP contribution in [0.25, 0.3) is 10.9 Å². The van der Waals surface area contributed by atoms with Gasteiger partial charge in [0.15, 0.2) is 0 Å². The van der Waals surface area contributed by atoms with Gasteiger partial charge in [0.05, 0.1) is 6.04 Å². The number of nitrogens with one attached hydrogen (secondary N) is 4. The predicted molar refractivity (Wildman–Crippen MR) is 157 cm³/mol. The highest BCUT2D eigenvalue weighted by atomic mass is 16.2. The fraction of sp³-hybridized carbons (Fsp3) is 0.344. The Bertz CT molecular complexity index is 1470. The molecule has 2 aliphatic rings. The molecule has 2 fully saturated rings. The van der Waals surface area contributed by atoms with Crippen LogP contribution in [-0.4, -0.2) is 64.5 Å². The topological polar surface area (TPSA) is 140 Å². The van der Waals surface area contributed by atoms with Crippen molar-refractivity contribution in [1.29, 1.82) is 0 Å². The predicted octanol–water partition coefficient (Wildman–Crippen LogP) is 2.47. The van der Waals surface area contributed by atoms with Gasteiger partial charge in [-0.1, -0.05) is 54.6 Å². The number of fused-ring (bicyclic) bond motifs is 1. The summed E-state index contributed by atoms with van der Waals surface area (Å²) in [6, 6.07) is 16.4. The summed E-state index contributed by atoms with van der Waals surface area (Å²) in [7, 11) is 0. The number of H-pyrrole nitrogens is 1. The van der Waals surface area contributed by atoms with Gasteiger partial charge in [-0.3, -0.25) is 24.0 Å². The number of ketones is 1. The Hall–Kier alpha value is -4.73. The quantitative estimate of drug-likeness (QED) is 0.208. The molecule has 2 saturated heterocycles. The number of hydrogen-bond acceptors (Lipinski definition) is 5. The molecule has 1 aromatic heterocycles. The molecule has 3 aromatic rings. The van der Waals surface area contributed by atoms with Gasteiger partial charge in [0, 0.05) is 36.5 Å². The van der Waals surface area contributed by atoms with Crippen molar-refractivity contribution in [3.63, 3.8) is 0 Å². The van der Waals surface area contributed by atoms with Gasteiger partial charge in [0.1, 0.15) is 11.7 Å². The van der Waals surface area contributed by atoms with E-state index in [1.165, 1.54) is 4.90 Å². The van der Waals surface area contributed by atoms with Gasteiger partial charge >= 0.3 is 0 Å². The van der Waals surface area contributed by atoms with E-state index in [0.717, 1.165) is 16.5 Å². The van der Waals surface area contributed by atoms with E-state index >= 15 is 0 Å². The van der Waals surface area contributed by atoms with E-state index in [-0.39, 0.29) is 30.7 Å². The minimum Gasteiger partial charge on any atom is -0.356 e.